The summed E-state index contributed by atoms with van der Waals surface area (Å²) in [6, 6.07) is 0. The van der Waals surface area contributed by atoms with Crippen molar-refractivity contribution in [3.63, 3.8) is 0 Å². The van der Waals surface area contributed by atoms with Crippen LogP contribution in [0.15, 0.2) is 0 Å². The van der Waals surface area contributed by atoms with Crippen LogP contribution in [-0.2, 0) is 11.3 Å². The van der Waals surface area contributed by atoms with Crippen LogP contribution in [0.4, 0.5) is 0 Å². The van der Waals surface area contributed by atoms with Gasteiger partial charge in [-0.1, -0.05) is 0 Å². The van der Waals surface area contributed by atoms with Crippen molar-refractivity contribution < 1.29 is 8.76 Å². The highest BCUT2D eigenvalue weighted by atomic mass is 32.2. The Morgan fingerprint density at radius 2 is 2.00 bits per heavy atom. The average Bonchev–Trinajstić information content (AvgIpc) is 2.15. The quantitative estimate of drug-likeness (QED) is 0.532. The first-order valence-corrected chi connectivity index (χ1v) is 3.97. The maximum Gasteiger partial charge on any atom is 0.0326 e. The molecule has 0 spiro atoms. The Hall–Kier alpha value is 0.0300. The van der Waals surface area contributed by atoms with Crippen LogP contribution in [0.25, 0.3) is 0 Å². The van der Waals surface area contributed by atoms with Crippen molar-refractivity contribution in [1.29, 1.82) is 0 Å². The number of nitrogens with one attached hydrogen (secondary N) is 1. The molecule has 4 nitrogen and oxygen atoms in total. The summed E-state index contributed by atoms with van der Waals surface area (Å²) in [5.74, 6) is 0. The molecular weight excluding hydrogens is 140 g/mol. The van der Waals surface area contributed by atoms with Crippen LogP contribution in [-0.4, -0.2) is 26.9 Å². The fourth-order valence-electron chi connectivity index (χ4n) is 0.914. The first kappa shape index (κ1) is 7.14. The molecule has 5 heteroatoms. The lowest BCUT2D eigenvalue weighted by molar-refractivity contribution is 0.295. The molecule has 0 amide bonds. The van der Waals surface area contributed by atoms with Gasteiger partial charge in [0.05, 0.1) is 0 Å². The van der Waals surface area contributed by atoms with Crippen LogP contribution in [0, 0.1) is 0 Å². The van der Waals surface area contributed by atoms with E-state index < -0.39 is 11.3 Å². The molecule has 0 aromatic rings. The Kier molecular flexibility index (Phi) is 2.59. The second kappa shape index (κ2) is 3.26. The molecule has 0 aliphatic carbocycles. The van der Waals surface area contributed by atoms with E-state index in [2.05, 4.69) is 4.83 Å². The Morgan fingerprint density at radius 3 is 2.44 bits per heavy atom. The third-order valence-corrected chi connectivity index (χ3v) is 1.72. The predicted octanol–water partition coefficient (Wildman–Crippen LogP) is -0.619. The van der Waals surface area contributed by atoms with Crippen molar-refractivity contribution in [1.82, 2.24) is 9.84 Å². The van der Waals surface area contributed by atoms with Gasteiger partial charge >= 0.3 is 0 Å². The minimum Gasteiger partial charge on any atom is -0.759 e. The van der Waals surface area contributed by atoms with Crippen molar-refractivity contribution in [2.24, 2.45) is 0 Å². The summed E-state index contributed by atoms with van der Waals surface area (Å²) in [4.78, 5) is 2.29. The first-order valence-electron chi connectivity index (χ1n) is 2.89. The summed E-state index contributed by atoms with van der Waals surface area (Å²) >= 11 is -2.13. The standard InChI is InChI=1S/C4H10N2O2S/c7-9(8)5-6-3-1-2-4-6/h5H,1-4H2,(H,7,8)/p-1. The van der Waals surface area contributed by atoms with E-state index in [9.17, 15) is 8.76 Å². The van der Waals surface area contributed by atoms with E-state index in [0.717, 1.165) is 25.9 Å². The second-order valence-electron chi connectivity index (χ2n) is 2.02. The van der Waals surface area contributed by atoms with Crippen molar-refractivity contribution in [2.45, 2.75) is 12.8 Å². The van der Waals surface area contributed by atoms with Crippen LogP contribution < -0.4 is 4.83 Å². The van der Waals surface area contributed by atoms with Crippen molar-refractivity contribution >= 4 is 11.3 Å². The van der Waals surface area contributed by atoms with Gasteiger partial charge in [0.1, 0.15) is 0 Å². The molecule has 1 aliphatic rings. The number of hydrogen-bond acceptors (Lipinski definition) is 3. The van der Waals surface area contributed by atoms with Crippen LogP contribution in [0.1, 0.15) is 12.8 Å². The molecule has 1 rings (SSSR count). The highest BCUT2D eigenvalue weighted by molar-refractivity contribution is 7.76. The number of hydrazine groups is 1. The molecule has 0 radical (unpaired) electrons. The van der Waals surface area contributed by atoms with Gasteiger partial charge in [-0.2, -0.15) is 4.83 Å². The predicted molar refractivity (Wildman–Crippen MR) is 32.9 cm³/mol. The van der Waals surface area contributed by atoms with Gasteiger partial charge in [-0.25, -0.2) is 5.01 Å². The van der Waals surface area contributed by atoms with Gasteiger partial charge in [0.25, 0.3) is 0 Å². The van der Waals surface area contributed by atoms with Crippen LogP contribution >= 0.6 is 0 Å². The number of rotatable bonds is 2. The summed E-state index contributed by atoms with van der Waals surface area (Å²) in [6.07, 6.45) is 2.17. The summed E-state index contributed by atoms with van der Waals surface area (Å²) in [5, 5.41) is 1.70. The smallest absolute Gasteiger partial charge is 0.0326 e. The zero-order valence-corrected chi connectivity index (χ0v) is 5.82. The minimum absolute atomic E-state index is 0.841. The SMILES string of the molecule is O=S([O-])NN1CCCC1. The van der Waals surface area contributed by atoms with Gasteiger partial charge in [0.15, 0.2) is 0 Å². The molecule has 1 saturated heterocycles. The Labute approximate surface area is 56.6 Å². The molecule has 1 unspecified atom stereocenters. The molecule has 1 atom stereocenters. The lowest BCUT2D eigenvalue weighted by Gasteiger charge is -2.16. The summed E-state index contributed by atoms with van der Waals surface area (Å²) in [5.41, 5.74) is 0. The van der Waals surface area contributed by atoms with Gasteiger partial charge in [-0.15, -0.1) is 0 Å². The first-order chi connectivity index (χ1) is 4.29. The highest BCUT2D eigenvalue weighted by Gasteiger charge is 2.09. The van der Waals surface area contributed by atoms with E-state index in [4.69, 9.17) is 0 Å². The Balaban J connectivity index is 2.19. The lowest BCUT2D eigenvalue weighted by atomic mass is 10.4. The number of nitrogens with zero attached hydrogens (tertiary/aromatic N) is 1. The largest absolute Gasteiger partial charge is 0.759 e. The van der Waals surface area contributed by atoms with Crippen molar-refractivity contribution in [3.05, 3.63) is 0 Å². The normalized spacial score (nSPS) is 24.6. The monoisotopic (exact) mass is 149 g/mol. The van der Waals surface area contributed by atoms with Crippen molar-refractivity contribution in [3.8, 4) is 0 Å². The molecule has 1 N–H and O–H groups in total. The van der Waals surface area contributed by atoms with Crippen LogP contribution in [0.2, 0.25) is 0 Å². The van der Waals surface area contributed by atoms with Gasteiger partial charge < -0.3 is 4.55 Å². The van der Waals surface area contributed by atoms with Crippen LogP contribution in [0.3, 0.4) is 0 Å². The molecular formula is C4H9N2O2S-. The van der Waals surface area contributed by atoms with Crippen molar-refractivity contribution in [2.75, 3.05) is 13.1 Å². The zero-order chi connectivity index (χ0) is 6.69. The van der Waals surface area contributed by atoms with Gasteiger partial charge in [-0.3, -0.25) is 4.21 Å². The van der Waals surface area contributed by atoms with E-state index in [0.29, 0.717) is 0 Å². The molecule has 1 fully saturated rings. The maximum atomic E-state index is 10.0. The molecule has 0 aromatic carbocycles. The summed E-state index contributed by atoms with van der Waals surface area (Å²) < 4.78 is 20.0. The lowest BCUT2D eigenvalue weighted by Crippen LogP contribution is -2.36. The fourth-order valence-corrected chi connectivity index (χ4v) is 1.31. The molecule has 0 bridgehead atoms. The summed E-state index contributed by atoms with van der Waals surface area (Å²) in [7, 11) is 0. The third-order valence-electron chi connectivity index (χ3n) is 1.31. The topological polar surface area (TPSA) is 55.4 Å². The Bertz CT molecular complexity index is 113. The van der Waals surface area contributed by atoms with Gasteiger partial charge in [0.2, 0.25) is 0 Å². The molecule has 9 heavy (non-hydrogen) atoms. The average molecular weight is 149 g/mol. The van der Waals surface area contributed by atoms with E-state index in [1.165, 1.54) is 0 Å². The van der Waals surface area contributed by atoms with Gasteiger partial charge in [0, 0.05) is 24.4 Å². The fraction of sp³-hybridized carbons (Fsp3) is 1.00. The minimum atomic E-state index is -2.13. The van der Waals surface area contributed by atoms with Gasteiger partial charge in [-0.05, 0) is 12.8 Å². The number of hydrogen-bond donors (Lipinski definition) is 1. The second-order valence-corrected chi connectivity index (χ2v) is 2.67. The molecule has 1 heterocycles. The highest BCUT2D eigenvalue weighted by Crippen LogP contribution is 2.03. The zero-order valence-electron chi connectivity index (χ0n) is 5.00. The van der Waals surface area contributed by atoms with Crippen LogP contribution in [0.5, 0.6) is 0 Å². The maximum absolute atomic E-state index is 10.0. The molecule has 1 aliphatic heterocycles. The summed E-state index contributed by atoms with van der Waals surface area (Å²) in [6.45, 7) is 1.68. The van der Waals surface area contributed by atoms with E-state index in [1.54, 1.807) is 5.01 Å². The molecule has 0 saturated carbocycles. The molecule has 0 aromatic heterocycles. The van der Waals surface area contributed by atoms with E-state index >= 15 is 0 Å². The third kappa shape index (κ3) is 2.40. The van der Waals surface area contributed by atoms with E-state index in [-0.39, 0.29) is 0 Å². The Morgan fingerprint density at radius 1 is 1.44 bits per heavy atom. The van der Waals surface area contributed by atoms with E-state index in [1.807, 2.05) is 0 Å². The molecule has 54 valence electrons.